The van der Waals surface area contributed by atoms with Crippen LogP contribution in [0.4, 0.5) is 5.82 Å². The summed E-state index contributed by atoms with van der Waals surface area (Å²) in [4.78, 5) is 9.26. The van der Waals surface area contributed by atoms with Crippen LogP contribution in [0.25, 0.3) is 0 Å². The van der Waals surface area contributed by atoms with Gasteiger partial charge in [0.1, 0.15) is 11.6 Å². The number of hydrogen-bond donors (Lipinski definition) is 1. The number of halogens is 1. The number of aryl methyl sites for hydroxylation is 1. The first kappa shape index (κ1) is 14.7. The van der Waals surface area contributed by atoms with E-state index in [2.05, 4.69) is 51.8 Å². The SMILES string of the molecule is COCc1nc(C2CCCc3ccccc32)nc(N)c1I. The maximum absolute atomic E-state index is 6.06. The summed E-state index contributed by atoms with van der Waals surface area (Å²) in [6.45, 7) is 0.465. The van der Waals surface area contributed by atoms with Crippen LogP contribution in [0, 0.1) is 3.57 Å². The van der Waals surface area contributed by atoms with Crippen molar-refractivity contribution in [2.24, 2.45) is 0 Å². The Hall–Kier alpha value is -1.21. The Morgan fingerprint density at radius 2 is 2.14 bits per heavy atom. The summed E-state index contributed by atoms with van der Waals surface area (Å²) in [5, 5.41) is 0. The quantitative estimate of drug-likeness (QED) is 0.811. The van der Waals surface area contributed by atoms with Gasteiger partial charge in [0.2, 0.25) is 0 Å². The molecule has 0 amide bonds. The number of nitrogens with zero attached hydrogens (tertiary/aromatic N) is 2. The highest BCUT2D eigenvalue weighted by atomic mass is 127. The van der Waals surface area contributed by atoms with Gasteiger partial charge in [-0.25, -0.2) is 9.97 Å². The Bertz CT molecular complexity index is 660. The maximum atomic E-state index is 6.06. The molecule has 1 atom stereocenters. The van der Waals surface area contributed by atoms with Gasteiger partial charge in [0.25, 0.3) is 0 Å². The molecule has 4 nitrogen and oxygen atoms in total. The number of nitrogen functional groups attached to an aromatic ring is 1. The lowest BCUT2D eigenvalue weighted by molar-refractivity contribution is 0.180. The van der Waals surface area contributed by atoms with Gasteiger partial charge in [0.05, 0.1) is 15.9 Å². The highest BCUT2D eigenvalue weighted by Gasteiger charge is 2.25. The predicted molar refractivity (Wildman–Crippen MR) is 91.1 cm³/mol. The minimum atomic E-state index is 0.241. The number of methoxy groups -OCH3 is 1. The number of anilines is 1. The molecule has 0 bridgehead atoms. The third kappa shape index (κ3) is 2.89. The zero-order valence-corrected chi connectivity index (χ0v) is 14.1. The Labute approximate surface area is 138 Å². The van der Waals surface area contributed by atoms with Crippen LogP contribution in [0.3, 0.4) is 0 Å². The van der Waals surface area contributed by atoms with Crippen molar-refractivity contribution < 1.29 is 4.74 Å². The number of hydrogen-bond acceptors (Lipinski definition) is 4. The molecular formula is C16H18IN3O. The lowest BCUT2D eigenvalue weighted by Gasteiger charge is -2.25. The van der Waals surface area contributed by atoms with E-state index in [4.69, 9.17) is 15.5 Å². The minimum Gasteiger partial charge on any atom is -0.383 e. The summed E-state index contributed by atoms with van der Waals surface area (Å²) in [5.41, 5.74) is 9.69. The van der Waals surface area contributed by atoms with Crippen molar-refractivity contribution in [2.75, 3.05) is 12.8 Å². The largest absolute Gasteiger partial charge is 0.383 e. The molecule has 0 aliphatic heterocycles. The molecule has 3 rings (SSSR count). The summed E-state index contributed by atoms with van der Waals surface area (Å²) in [6.07, 6.45) is 3.37. The second-order valence-electron chi connectivity index (χ2n) is 5.30. The van der Waals surface area contributed by atoms with Gasteiger partial charge in [-0.05, 0) is 53.0 Å². The van der Waals surface area contributed by atoms with Crippen LogP contribution in [0.1, 0.15) is 41.4 Å². The van der Waals surface area contributed by atoms with Gasteiger partial charge in [-0.15, -0.1) is 0 Å². The summed E-state index contributed by atoms with van der Waals surface area (Å²) in [5.74, 6) is 1.62. The fraction of sp³-hybridized carbons (Fsp3) is 0.375. The molecule has 0 saturated carbocycles. The molecular weight excluding hydrogens is 377 g/mol. The predicted octanol–water partition coefficient (Wildman–Crippen LogP) is 3.28. The van der Waals surface area contributed by atoms with E-state index in [1.807, 2.05) is 0 Å². The van der Waals surface area contributed by atoms with Crippen LogP contribution in [-0.4, -0.2) is 17.1 Å². The monoisotopic (exact) mass is 395 g/mol. The molecule has 110 valence electrons. The average Bonchev–Trinajstić information content (AvgIpc) is 2.51. The average molecular weight is 395 g/mol. The topological polar surface area (TPSA) is 61.0 Å². The highest BCUT2D eigenvalue weighted by molar-refractivity contribution is 14.1. The summed E-state index contributed by atoms with van der Waals surface area (Å²) >= 11 is 2.19. The first-order chi connectivity index (χ1) is 10.2. The van der Waals surface area contributed by atoms with Crippen molar-refractivity contribution in [1.82, 2.24) is 9.97 Å². The van der Waals surface area contributed by atoms with E-state index in [0.717, 1.165) is 34.4 Å². The van der Waals surface area contributed by atoms with Gasteiger partial charge in [-0.1, -0.05) is 24.3 Å². The second kappa shape index (κ2) is 6.27. The molecule has 0 fully saturated rings. The molecule has 0 saturated heterocycles. The molecule has 1 aromatic carbocycles. The summed E-state index contributed by atoms with van der Waals surface area (Å²) < 4.78 is 6.12. The molecule has 1 unspecified atom stereocenters. The van der Waals surface area contributed by atoms with E-state index in [9.17, 15) is 0 Å². The third-order valence-corrected chi connectivity index (χ3v) is 5.10. The van der Waals surface area contributed by atoms with E-state index in [0.29, 0.717) is 12.4 Å². The molecule has 1 heterocycles. The molecule has 0 spiro atoms. The van der Waals surface area contributed by atoms with Crippen molar-refractivity contribution in [2.45, 2.75) is 31.8 Å². The Kier molecular flexibility index (Phi) is 4.40. The Morgan fingerprint density at radius 3 is 2.95 bits per heavy atom. The van der Waals surface area contributed by atoms with Crippen molar-refractivity contribution in [3.05, 3.63) is 50.5 Å². The van der Waals surface area contributed by atoms with E-state index < -0.39 is 0 Å². The fourth-order valence-electron chi connectivity index (χ4n) is 2.94. The van der Waals surface area contributed by atoms with E-state index in [-0.39, 0.29) is 5.92 Å². The molecule has 5 heteroatoms. The fourth-order valence-corrected chi connectivity index (χ4v) is 3.34. The zero-order valence-electron chi connectivity index (χ0n) is 12.0. The van der Waals surface area contributed by atoms with E-state index >= 15 is 0 Å². The van der Waals surface area contributed by atoms with Crippen LogP contribution < -0.4 is 5.73 Å². The minimum absolute atomic E-state index is 0.241. The highest BCUT2D eigenvalue weighted by Crippen LogP contribution is 2.35. The van der Waals surface area contributed by atoms with Crippen molar-refractivity contribution >= 4 is 28.4 Å². The zero-order chi connectivity index (χ0) is 14.8. The lowest BCUT2D eigenvalue weighted by Crippen LogP contribution is -2.16. The maximum Gasteiger partial charge on any atom is 0.141 e. The second-order valence-corrected chi connectivity index (χ2v) is 6.38. The van der Waals surface area contributed by atoms with E-state index in [1.165, 1.54) is 11.1 Å². The smallest absolute Gasteiger partial charge is 0.141 e. The lowest BCUT2D eigenvalue weighted by atomic mass is 9.82. The van der Waals surface area contributed by atoms with Crippen molar-refractivity contribution in [1.29, 1.82) is 0 Å². The number of rotatable bonds is 3. The van der Waals surface area contributed by atoms with Gasteiger partial charge in [0, 0.05) is 13.0 Å². The Morgan fingerprint density at radius 1 is 1.33 bits per heavy atom. The first-order valence-electron chi connectivity index (χ1n) is 7.09. The van der Waals surface area contributed by atoms with Gasteiger partial charge in [-0.2, -0.15) is 0 Å². The van der Waals surface area contributed by atoms with Crippen LogP contribution in [0.5, 0.6) is 0 Å². The molecule has 2 aromatic rings. The van der Waals surface area contributed by atoms with Gasteiger partial charge in [-0.3, -0.25) is 0 Å². The molecule has 1 aromatic heterocycles. The van der Waals surface area contributed by atoms with Gasteiger partial charge in [0.15, 0.2) is 0 Å². The van der Waals surface area contributed by atoms with Gasteiger partial charge < -0.3 is 10.5 Å². The summed E-state index contributed by atoms with van der Waals surface area (Å²) in [7, 11) is 1.67. The van der Waals surface area contributed by atoms with Crippen LogP contribution >= 0.6 is 22.6 Å². The van der Waals surface area contributed by atoms with Crippen LogP contribution in [0.2, 0.25) is 0 Å². The number of aromatic nitrogens is 2. The first-order valence-corrected chi connectivity index (χ1v) is 8.17. The Balaban J connectivity index is 2.05. The number of ether oxygens (including phenoxy) is 1. The molecule has 1 aliphatic carbocycles. The van der Waals surface area contributed by atoms with Crippen molar-refractivity contribution in [3.8, 4) is 0 Å². The van der Waals surface area contributed by atoms with Crippen LogP contribution in [-0.2, 0) is 17.8 Å². The summed E-state index contributed by atoms with van der Waals surface area (Å²) in [6, 6.07) is 8.57. The molecule has 1 aliphatic rings. The normalized spacial score (nSPS) is 17.5. The van der Waals surface area contributed by atoms with Gasteiger partial charge >= 0.3 is 0 Å². The standard InChI is InChI=1S/C16H18IN3O/c1-21-9-13-14(17)15(18)20-16(19-13)12-8-4-6-10-5-2-3-7-11(10)12/h2-3,5,7,12H,4,6,8-9H2,1H3,(H2,18,19,20). The molecule has 2 N–H and O–H groups in total. The molecule has 0 radical (unpaired) electrons. The van der Waals surface area contributed by atoms with E-state index in [1.54, 1.807) is 7.11 Å². The van der Waals surface area contributed by atoms with Crippen molar-refractivity contribution in [3.63, 3.8) is 0 Å². The number of fused-ring (bicyclic) bond motifs is 1. The number of nitrogens with two attached hydrogens (primary N) is 1. The van der Waals surface area contributed by atoms with Crippen LogP contribution in [0.15, 0.2) is 24.3 Å². The number of benzene rings is 1. The third-order valence-electron chi connectivity index (χ3n) is 3.92. The molecule has 21 heavy (non-hydrogen) atoms.